The van der Waals surface area contributed by atoms with Crippen LogP contribution in [0.5, 0.6) is 0 Å². The van der Waals surface area contributed by atoms with Crippen molar-refractivity contribution in [1.82, 2.24) is 4.90 Å². The molecule has 146 valence electrons. The van der Waals surface area contributed by atoms with E-state index in [9.17, 15) is 0 Å². The van der Waals surface area contributed by atoms with Crippen LogP contribution in [0.4, 0.5) is 0 Å². The Hall–Kier alpha value is -0.300. The molecule has 0 aromatic rings. The highest BCUT2D eigenvalue weighted by atomic mass is 15.4. The summed E-state index contributed by atoms with van der Waals surface area (Å²) in [6, 6.07) is 1.55. The van der Waals surface area contributed by atoms with Gasteiger partial charge in [0.1, 0.15) is 0 Å². The Bertz CT molecular complexity index is 414. The normalized spacial score (nSPS) is 34.8. The van der Waals surface area contributed by atoms with Gasteiger partial charge in [-0.25, -0.2) is 0 Å². The van der Waals surface area contributed by atoms with Gasteiger partial charge in [-0.3, -0.25) is 4.90 Å². The molecule has 0 aromatic carbocycles. The largest absolute Gasteiger partial charge is 0.290 e. The molecule has 2 fully saturated rings. The van der Waals surface area contributed by atoms with Crippen molar-refractivity contribution in [3.8, 4) is 0 Å². The summed E-state index contributed by atoms with van der Waals surface area (Å²) in [4.78, 5) is 2.83. The Balaban J connectivity index is 1.80. The van der Waals surface area contributed by atoms with Gasteiger partial charge in [0.15, 0.2) is 0 Å². The summed E-state index contributed by atoms with van der Waals surface area (Å²) in [5.74, 6) is 1.79. The Morgan fingerprint density at radius 1 is 1.08 bits per heavy atom. The van der Waals surface area contributed by atoms with Crippen LogP contribution < -0.4 is 0 Å². The van der Waals surface area contributed by atoms with Crippen LogP contribution in [0.15, 0.2) is 12.2 Å². The number of rotatable bonds is 14. The molecule has 1 heteroatoms. The van der Waals surface area contributed by atoms with Crippen LogP contribution in [0.1, 0.15) is 105 Å². The third kappa shape index (κ3) is 5.59. The molecular formula is C24H45N. The summed E-state index contributed by atoms with van der Waals surface area (Å²) in [7, 11) is 0. The molecule has 0 amide bonds. The van der Waals surface area contributed by atoms with E-state index < -0.39 is 0 Å². The molecule has 1 saturated heterocycles. The van der Waals surface area contributed by atoms with Crippen LogP contribution in [0.25, 0.3) is 0 Å². The first-order valence-corrected chi connectivity index (χ1v) is 11.4. The van der Waals surface area contributed by atoms with Gasteiger partial charge in [-0.2, -0.15) is 0 Å². The van der Waals surface area contributed by atoms with Crippen LogP contribution in [-0.2, 0) is 0 Å². The van der Waals surface area contributed by atoms with Gasteiger partial charge in [0.25, 0.3) is 0 Å². The number of nitrogens with zero attached hydrogens (tertiary/aromatic N) is 1. The molecule has 6 atom stereocenters. The lowest BCUT2D eigenvalue weighted by Gasteiger charge is -2.14. The molecule has 0 radical (unpaired) electrons. The van der Waals surface area contributed by atoms with E-state index in [1.807, 2.05) is 0 Å². The molecule has 2 rings (SSSR count). The number of unbranched alkanes of at least 4 members (excludes halogenated alkanes) is 5. The van der Waals surface area contributed by atoms with E-state index in [0.717, 1.165) is 17.9 Å². The molecule has 1 saturated carbocycles. The fourth-order valence-electron chi connectivity index (χ4n) is 4.94. The summed E-state index contributed by atoms with van der Waals surface area (Å²) in [6.07, 6.45) is 15.1. The van der Waals surface area contributed by atoms with E-state index in [2.05, 4.69) is 46.1 Å². The predicted octanol–water partition coefficient (Wildman–Crippen LogP) is 7.22. The van der Waals surface area contributed by atoms with Gasteiger partial charge < -0.3 is 0 Å². The van der Waals surface area contributed by atoms with Crippen molar-refractivity contribution in [3.05, 3.63) is 12.2 Å². The summed E-state index contributed by atoms with van der Waals surface area (Å²) in [6.45, 7) is 17.8. The zero-order valence-corrected chi connectivity index (χ0v) is 17.9. The standard InChI is InChI=1S/C24H45N/c1-7-10-12-13-14-15-19(4)18-25-22(20(5)16-11-8-2)23(25)21-17-24(21,6)9-3/h19,21-23H,5,7-18H2,1-4,6H3. The highest BCUT2D eigenvalue weighted by Crippen LogP contribution is 2.63. The predicted molar refractivity (Wildman–Crippen MR) is 112 cm³/mol. The van der Waals surface area contributed by atoms with Gasteiger partial charge in [0.2, 0.25) is 0 Å². The number of hydrogen-bond donors (Lipinski definition) is 0. The summed E-state index contributed by atoms with van der Waals surface area (Å²) in [5, 5.41) is 0. The smallest absolute Gasteiger partial charge is 0.0467 e. The van der Waals surface area contributed by atoms with Crippen LogP contribution in [0.2, 0.25) is 0 Å². The van der Waals surface area contributed by atoms with E-state index in [4.69, 9.17) is 0 Å². The third-order valence-electron chi connectivity index (χ3n) is 7.21. The molecule has 2 aliphatic rings. The lowest BCUT2D eigenvalue weighted by atomic mass is 9.98. The minimum atomic E-state index is 0.631. The minimum Gasteiger partial charge on any atom is -0.290 e. The molecule has 1 aliphatic carbocycles. The van der Waals surface area contributed by atoms with Crippen molar-refractivity contribution in [2.45, 2.75) is 117 Å². The highest BCUT2D eigenvalue weighted by molar-refractivity contribution is 5.27. The van der Waals surface area contributed by atoms with E-state index >= 15 is 0 Å². The molecule has 0 bridgehead atoms. The first-order valence-electron chi connectivity index (χ1n) is 11.4. The van der Waals surface area contributed by atoms with E-state index in [-0.39, 0.29) is 0 Å². The molecule has 1 nitrogen and oxygen atoms in total. The van der Waals surface area contributed by atoms with Crippen molar-refractivity contribution in [3.63, 3.8) is 0 Å². The van der Waals surface area contributed by atoms with Gasteiger partial charge in [0.05, 0.1) is 0 Å². The SMILES string of the molecule is C=C(CCCC)C1C(C2CC2(C)CC)N1CC(C)CCCCCCC. The lowest BCUT2D eigenvalue weighted by Crippen LogP contribution is -2.15. The topological polar surface area (TPSA) is 3.01 Å². The second-order valence-electron chi connectivity index (χ2n) is 9.52. The van der Waals surface area contributed by atoms with Crippen molar-refractivity contribution in [1.29, 1.82) is 0 Å². The first-order chi connectivity index (χ1) is 12.0. The van der Waals surface area contributed by atoms with Crippen molar-refractivity contribution in [2.24, 2.45) is 17.3 Å². The third-order valence-corrected chi connectivity index (χ3v) is 7.21. The van der Waals surface area contributed by atoms with E-state index in [0.29, 0.717) is 11.5 Å². The Kier molecular flexibility index (Phi) is 8.05. The number of hydrogen-bond acceptors (Lipinski definition) is 1. The summed E-state index contributed by atoms with van der Waals surface area (Å²) < 4.78 is 0. The summed E-state index contributed by atoms with van der Waals surface area (Å²) >= 11 is 0. The first kappa shape index (κ1) is 21.0. The van der Waals surface area contributed by atoms with Crippen LogP contribution >= 0.6 is 0 Å². The maximum atomic E-state index is 4.50. The molecule has 1 aliphatic heterocycles. The van der Waals surface area contributed by atoms with Crippen LogP contribution in [-0.4, -0.2) is 23.5 Å². The van der Waals surface area contributed by atoms with Crippen LogP contribution in [0.3, 0.4) is 0 Å². The van der Waals surface area contributed by atoms with Gasteiger partial charge in [-0.05, 0) is 42.9 Å². The zero-order chi connectivity index (χ0) is 18.4. The highest BCUT2D eigenvalue weighted by Gasteiger charge is 2.64. The zero-order valence-electron chi connectivity index (χ0n) is 17.9. The van der Waals surface area contributed by atoms with Crippen LogP contribution in [0, 0.1) is 17.3 Å². The fraction of sp³-hybridized carbons (Fsp3) is 0.917. The quantitative estimate of drug-likeness (QED) is 0.182. The van der Waals surface area contributed by atoms with E-state index in [1.165, 1.54) is 82.7 Å². The Labute approximate surface area is 158 Å². The maximum Gasteiger partial charge on any atom is 0.0467 e. The molecule has 6 unspecified atom stereocenters. The summed E-state index contributed by atoms with van der Waals surface area (Å²) in [5.41, 5.74) is 2.17. The Morgan fingerprint density at radius 2 is 1.76 bits per heavy atom. The van der Waals surface area contributed by atoms with Gasteiger partial charge in [-0.1, -0.05) is 91.7 Å². The monoisotopic (exact) mass is 347 g/mol. The van der Waals surface area contributed by atoms with Crippen molar-refractivity contribution < 1.29 is 0 Å². The van der Waals surface area contributed by atoms with Crippen molar-refractivity contribution in [2.75, 3.05) is 6.54 Å². The van der Waals surface area contributed by atoms with Crippen molar-refractivity contribution >= 4 is 0 Å². The second-order valence-corrected chi connectivity index (χ2v) is 9.52. The molecule has 0 spiro atoms. The van der Waals surface area contributed by atoms with Gasteiger partial charge in [-0.15, -0.1) is 0 Å². The van der Waals surface area contributed by atoms with E-state index in [1.54, 1.807) is 0 Å². The molecule has 25 heavy (non-hydrogen) atoms. The Morgan fingerprint density at radius 3 is 2.36 bits per heavy atom. The second kappa shape index (κ2) is 9.58. The molecule has 0 N–H and O–H groups in total. The lowest BCUT2D eigenvalue weighted by molar-refractivity contribution is 0.347. The van der Waals surface area contributed by atoms with Gasteiger partial charge >= 0.3 is 0 Å². The molecular weight excluding hydrogens is 302 g/mol. The average molecular weight is 348 g/mol. The minimum absolute atomic E-state index is 0.631. The molecule has 1 heterocycles. The average Bonchev–Trinajstić information content (AvgIpc) is 3.47. The van der Waals surface area contributed by atoms with Gasteiger partial charge in [0, 0.05) is 18.6 Å². The molecule has 0 aromatic heterocycles. The maximum absolute atomic E-state index is 4.50. The fourth-order valence-corrected chi connectivity index (χ4v) is 4.94.